The summed E-state index contributed by atoms with van der Waals surface area (Å²) in [6.45, 7) is 26.7. The number of rotatable bonds is 29. The number of benzene rings is 4. The van der Waals surface area contributed by atoms with E-state index >= 15 is 0 Å². The Morgan fingerprint density at radius 3 is 1.00 bits per heavy atom. The maximum Gasteiger partial charge on any atom is 0.250 e. The van der Waals surface area contributed by atoms with Crippen molar-refractivity contribution in [1.29, 1.82) is 0 Å². The summed E-state index contributed by atoms with van der Waals surface area (Å²) in [5.41, 5.74) is 20.4. The van der Waals surface area contributed by atoms with Crippen LogP contribution in [0.2, 0.25) is 0 Å². The molecule has 2 aliphatic heterocycles. The van der Waals surface area contributed by atoms with Crippen LogP contribution in [0, 0.1) is 0 Å². The van der Waals surface area contributed by atoms with Crippen LogP contribution in [0.25, 0.3) is 90.9 Å². The van der Waals surface area contributed by atoms with Crippen molar-refractivity contribution in [2.75, 3.05) is 104 Å². The van der Waals surface area contributed by atoms with Gasteiger partial charge in [0, 0.05) is 83.4 Å². The van der Waals surface area contributed by atoms with Gasteiger partial charge in [0.1, 0.15) is 0 Å². The summed E-state index contributed by atoms with van der Waals surface area (Å²) in [6, 6.07) is 31.4. The number of nitrogens with zero attached hydrogens (tertiary/aromatic N) is 6. The molecule has 532 valence electrons. The van der Waals surface area contributed by atoms with E-state index in [1.807, 2.05) is 12.1 Å². The van der Waals surface area contributed by atoms with Gasteiger partial charge < -0.3 is 50.8 Å². The molecule has 3 aromatic heterocycles. The maximum absolute atomic E-state index is 14.5. The molecule has 3 aliphatic rings. The lowest BCUT2D eigenvalue weighted by Gasteiger charge is -2.22. The van der Waals surface area contributed by atoms with Crippen LogP contribution in [0.4, 0.5) is 22.7 Å². The van der Waals surface area contributed by atoms with Crippen molar-refractivity contribution in [2.45, 2.75) is 117 Å². The molecule has 0 spiro atoms. The van der Waals surface area contributed by atoms with E-state index in [-0.39, 0.29) is 29.5 Å². The zero-order chi connectivity index (χ0) is 73.1. The Morgan fingerprint density at radius 1 is 0.402 bits per heavy atom. The number of anilines is 4. The third kappa shape index (κ3) is 17.7. The quantitative estimate of drug-likeness (QED) is 0.0246. The second-order valence-electron chi connectivity index (χ2n) is 29.0. The van der Waals surface area contributed by atoms with E-state index < -0.39 is 0 Å². The molecule has 0 atom stereocenters. The minimum Gasteiger partial charge on any atom is -0.354 e. The summed E-state index contributed by atoms with van der Waals surface area (Å²) < 4.78 is 0. The van der Waals surface area contributed by atoms with Crippen molar-refractivity contribution < 1.29 is 19.2 Å². The first kappa shape index (κ1) is 74.8. The smallest absolute Gasteiger partial charge is 0.250 e. The van der Waals surface area contributed by atoms with Crippen LogP contribution >= 0.6 is 0 Å². The zero-order valence-electron chi connectivity index (χ0n) is 62.2. The minimum atomic E-state index is -0.309. The Balaban J connectivity index is 1.48. The van der Waals surface area contributed by atoms with Crippen molar-refractivity contribution >= 4 is 92.7 Å². The fraction of sp³-hybridized carbons (Fsp3) is 0.349. The van der Waals surface area contributed by atoms with Gasteiger partial charge in [-0.1, -0.05) is 118 Å². The fourth-order valence-corrected chi connectivity index (χ4v) is 14.1. The molecule has 1 fully saturated rings. The predicted molar refractivity (Wildman–Crippen MR) is 428 cm³/mol. The fourth-order valence-electron chi connectivity index (χ4n) is 14.1. The van der Waals surface area contributed by atoms with Gasteiger partial charge in [-0.05, 0) is 251 Å². The Labute approximate surface area is 603 Å². The van der Waals surface area contributed by atoms with Gasteiger partial charge in [0.2, 0.25) is 0 Å². The third-order valence-electron chi connectivity index (χ3n) is 19.3. The molecule has 0 radical (unpaired) electrons. The Hall–Kier alpha value is -9.84. The molecule has 16 nitrogen and oxygen atoms in total. The first-order valence-corrected chi connectivity index (χ1v) is 36.0. The van der Waals surface area contributed by atoms with Gasteiger partial charge in [0.05, 0.1) is 51.0 Å². The van der Waals surface area contributed by atoms with E-state index in [0.717, 1.165) is 156 Å². The molecular weight excluding hydrogens is 1270 g/mol. The van der Waals surface area contributed by atoms with Crippen LogP contribution in [-0.4, -0.2) is 146 Å². The number of hydrogen-bond acceptors (Lipinski definition) is 10. The van der Waals surface area contributed by atoms with Crippen molar-refractivity contribution in [2.24, 2.45) is 0 Å². The van der Waals surface area contributed by atoms with E-state index in [9.17, 15) is 19.2 Å². The number of fused-ring (bicyclic) bond motifs is 8. The number of carbonyl (C=O) groups is 4. The van der Waals surface area contributed by atoms with E-state index in [1.54, 1.807) is 27.7 Å². The lowest BCUT2D eigenvalue weighted by Crippen LogP contribution is -2.16. The average Bonchev–Trinajstić information content (AvgIpc) is 1.58. The highest BCUT2D eigenvalue weighted by Crippen LogP contribution is 2.48. The molecule has 16 heteroatoms. The molecule has 1 saturated carbocycles. The number of hydrogen-bond donors (Lipinski definition) is 6. The highest BCUT2D eigenvalue weighted by Gasteiger charge is 2.30. The Kier molecular flexibility index (Phi) is 24.8. The van der Waals surface area contributed by atoms with Crippen LogP contribution in [0.1, 0.15) is 142 Å². The number of H-pyrrole nitrogens is 2. The molecule has 7 aromatic rings. The van der Waals surface area contributed by atoms with Crippen molar-refractivity contribution in [3.63, 3.8) is 0 Å². The third-order valence-corrected chi connectivity index (χ3v) is 19.3. The minimum absolute atomic E-state index is 0.0954. The number of amides is 4. The lowest BCUT2D eigenvalue weighted by molar-refractivity contribution is -0.113. The molecule has 102 heavy (non-hydrogen) atoms. The number of carbonyl (C=O) groups excluding carboxylic acids is 4. The van der Waals surface area contributed by atoms with Crippen LogP contribution in [0.15, 0.2) is 140 Å². The lowest BCUT2D eigenvalue weighted by atomic mass is 9.83. The van der Waals surface area contributed by atoms with Gasteiger partial charge in [-0.2, -0.15) is 0 Å². The van der Waals surface area contributed by atoms with Crippen LogP contribution in [-0.2, 0) is 44.9 Å². The van der Waals surface area contributed by atoms with Crippen molar-refractivity contribution in [3.8, 4) is 44.5 Å². The van der Waals surface area contributed by atoms with E-state index in [2.05, 4.69) is 237 Å². The maximum atomic E-state index is 14.5. The van der Waals surface area contributed by atoms with Gasteiger partial charge in [0.15, 0.2) is 0 Å². The Morgan fingerprint density at radius 2 is 0.696 bits per heavy atom. The highest BCUT2D eigenvalue weighted by molar-refractivity contribution is 6.13. The highest BCUT2D eigenvalue weighted by atomic mass is 16.2. The van der Waals surface area contributed by atoms with Crippen molar-refractivity contribution in [1.82, 2.24) is 39.5 Å². The summed E-state index contributed by atoms with van der Waals surface area (Å²) in [4.78, 5) is 86.2. The van der Waals surface area contributed by atoms with Gasteiger partial charge >= 0.3 is 0 Å². The normalized spacial score (nSPS) is 12.9. The first-order chi connectivity index (χ1) is 48.9. The number of aromatic amines is 2. The number of nitrogens with one attached hydrogen (secondary N) is 6. The summed E-state index contributed by atoms with van der Waals surface area (Å²) in [5.74, 6) is -1.12. The molecule has 0 saturated heterocycles. The summed E-state index contributed by atoms with van der Waals surface area (Å²) in [6.07, 6.45) is 19.3. The zero-order valence-corrected chi connectivity index (χ0v) is 62.2. The summed E-state index contributed by atoms with van der Waals surface area (Å²) >= 11 is 0. The molecule has 1 aliphatic carbocycles. The molecule has 8 bridgehead atoms. The van der Waals surface area contributed by atoms with Crippen LogP contribution < -0.4 is 21.3 Å². The standard InChI is InChI=1S/C86H104N12O4/c1-53(2)83(99)91-78-58(34-24-48-95(9)10)30-20-38-62(78)74-67-42-43-68(87-67)75(63-39-21-31-59(35-25-49-96(11)12)79(63)92-84(100)54(3)4)70-46-47-72(89-70)77(65-41-23-33-61(37-27-51-98(15)16)81(65)94-86(102)56(7)8)82-66(57-28-18-17-19-29-57)52-73(90-82)76(71-45-44-69(74)88-71)64-40-22-32-60(36-26-50-97(13)14)80(64)93-85(101)55(5)6/h20-23,30-33,38-47,52,57,87,90H,1,3,5,7,17-19,24-29,34-37,48-51H2,2,4,6,8-16H3,(H,91,99)(H,92,100)(H,93,101)(H,94,102). The van der Waals surface area contributed by atoms with Gasteiger partial charge in [-0.15, -0.1) is 0 Å². The van der Waals surface area contributed by atoms with Crippen LogP contribution in [0.5, 0.6) is 0 Å². The Bertz CT molecular complexity index is 4640. The molecule has 6 N–H and O–H groups in total. The molecule has 4 aromatic carbocycles. The van der Waals surface area contributed by atoms with Crippen molar-refractivity contribution in [3.05, 3.63) is 190 Å². The van der Waals surface area contributed by atoms with E-state index in [0.29, 0.717) is 116 Å². The molecule has 0 unspecified atom stereocenters. The summed E-state index contributed by atoms with van der Waals surface area (Å²) in [5, 5.41) is 13.5. The van der Waals surface area contributed by atoms with Gasteiger partial charge in [-0.3, -0.25) is 19.2 Å². The second-order valence-corrected chi connectivity index (χ2v) is 29.0. The molecule has 10 rings (SSSR count). The number of aryl methyl sites for hydroxylation is 4. The molecule has 4 amide bonds. The number of aromatic nitrogens is 4. The van der Waals surface area contributed by atoms with Gasteiger partial charge in [-0.25, -0.2) is 9.97 Å². The topological polar surface area (TPSA) is 187 Å². The predicted octanol–water partition coefficient (Wildman–Crippen LogP) is 17.4. The largest absolute Gasteiger partial charge is 0.354 e. The molecule has 5 heterocycles. The monoisotopic (exact) mass is 1370 g/mol. The van der Waals surface area contributed by atoms with Crippen LogP contribution in [0.3, 0.4) is 0 Å². The van der Waals surface area contributed by atoms with Gasteiger partial charge in [0.25, 0.3) is 23.6 Å². The summed E-state index contributed by atoms with van der Waals surface area (Å²) in [7, 11) is 16.5. The first-order valence-electron chi connectivity index (χ1n) is 36.0. The average molecular weight is 1370 g/mol. The van der Waals surface area contributed by atoms with E-state index in [1.165, 1.54) is 0 Å². The molecular formula is C86H104N12O4. The SMILES string of the molecule is C=C(C)C(=O)Nc1c(CCCN(C)C)cccc1-c1c2nc(c(-c3cccc(CCCN(C)C)c3NC(=O)C(=C)C)c3cc(C4CCCCC4)c([nH]3)c(-c3cccc(CCCN(C)C)c3NC(=O)C(=C)C)c3nc(c(-c4cccc(CCCN(C)C)c4NC(=O)C(=C)C)c4ccc1[nH]4)C=C3)C=C2. The second kappa shape index (κ2) is 33.8. The van der Waals surface area contributed by atoms with E-state index in [4.69, 9.17) is 9.97 Å². The number of para-hydroxylation sites is 4.